The van der Waals surface area contributed by atoms with Gasteiger partial charge < -0.3 is 44.5 Å². The highest BCUT2D eigenvalue weighted by molar-refractivity contribution is 8.76. The fraction of sp³-hybridized carbons (Fsp3) is 0.500. The van der Waals surface area contributed by atoms with Crippen LogP contribution in [-0.4, -0.2) is 70.1 Å². The van der Waals surface area contributed by atoms with Gasteiger partial charge in [-0.1, -0.05) is 40.5 Å². The highest BCUT2D eigenvalue weighted by Gasteiger charge is 2.45. The number of hydrogen-bond acceptors (Lipinski definition) is 11. The number of aromatic hydroxyl groups is 3. The Kier molecular flexibility index (Phi) is 9.25. The summed E-state index contributed by atoms with van der Waals surface area (Å²) in [6.45, 7) is -0.0839. The molecule has 3 aromatic carbocycles. The summed E-state index contributed by atoms with van der Waals surface area (Å²) in [6, 6.07) is 8.87. The Morgan fingerprint density at radius 3 is 2.57 bits per heavy atom. The number of rotatable bonds is 6. The molecule has 1 saturated carbocycles. The number of aliphatic hydroxyl groups is 2. The minimum Gasteiger partial charge on any atom is -0.508 e. The van der Waals surface area contributed by atoms with Crippen LogP contribution >= 0.6 is 21.6 Å². The third-order valence-corrected chi connectivity index (χ3v) is 13.3. The summed E-state index contributed by atoms with van der Waals surface area (Å²) in [4.78, 5) is 0. The van der Waals surface area contributed by atoms with E-state index in [0.29, 0.717) is 34.8 Å². The van der Waals surface area contributed by atoms with Gasteiger partial charge in [-0.3, -0.25) is 0 Å². The standard InChI is InChI=1S/C36H42O9S2/c1-42-29-15-25(32(39)36(43-2)34(29)41)35-33(40)26-17-46-47-21-5-3-4-18(12-21)6-7-19-13-24-30(22-9-8-20(38)14-23(19)22)27(44-11-10-37)16-28(45-35)31(24)26/h8-9,14-16,18-19,21,26,33,35,37-41H,3-7,10-13,17H2,1-2H3/t18-,19+,21-,26+,33-,35+/m1/s1. The number of hydrogen-bond donors (Lipinski definition) is 5. The van der Waals surface area contributed by atoms with Crippen LogP contribution in [-0.2, 0) is 6.42 Å². The van der Waals surface area contributed by atoms with E-state index < -0.39 is 12.2 Å². The lowest BCUT2D eigenvalue weighted by molar-refractivity contribution is 0.00293. The first-order valence-electron chi connectivity index (χ1n) is 16.4. The summed E-state index contributed by atoms with van der Waals surface area (Å²) in [5.74, 6) is 1.65. The molecule has 0 radical (unpaired) electrons. The molecule has 2 aliphatic heterocycles. The van der Waals surface area contributed by atoms with Crippen LogP contribution in [0, 0.1) is 5.92 Å². The number of ether oxygens (including phenoxy) is 4. The number of phenolic OH excluding ortho intramolecular Hbond substituents is 3. The van der Waals surface area contributed by atoms with E-state index in [4.69, 9.17) is 18.9 Å². The largest absolute Gasteiger partial charge is 0.508 e. The maximum Gasteiger partial charge on any atom is 0.207 e. The van der Waals surface area contributed by atoms with Gasteiger partial charge in [0, 0.05) is 39.7 Å². The molecule has 0 aromatic heterocycles. The van der Waals surface area contributed by atoms with Crippen molar-refractivity contribution in [2.24, 2.45) is 5.92 Å². The molecule has 6 atom stereocenters. The third-order valence-electron chi connectivity index (χ3n) is 10.4. The smallest absolute Gasteiger partial charge is 0.207 e. The zero-order chi connectivity index (χ0) is 32.8. The second kappa shape index (κ2) is 13.4. The molecule has 2 heterocycles. The fourth-order valence-electron chi connectivity index (χ4n) is 8.16. The molecule has 9 nitrogen and oxygen atoms in total. The minimum atomic E-state index is -1.06. The summed E-state index contributed by atoms with van der Waals surface area (Å²) in [5, 5.41) is 55.1. The number of methoxy groups -OCH3 is 2. The summed E-state index contributed by atoms with van der Waals surface area (Å²) in [7, 11) is 6.46. The van der Waals surface area contributed by atoms with Gasteiger partial charge in [0.25, 0.3) is 0 Å². The van der Waals surface area contributed by atoms with E-state index in [1.54, 1.807) is 16.9 Å². The van der Waals surface area contributed by atoms with Crippen LogP contribution in [0.5, 0.6) is 40.2 Å². The van der Waals surface area contributed by atoms with Crippen molar-refractivity contribution in [3.8, 4) is 51.4 Å². The number of aliphatic hydroxyl groups excluding tert-OH is 2. The Morgan fingerprint density at radius 1 is 0.936 bits per heavy atom. The first-order chi connectivity index (χ1) is 22.8. The van der Waals surface area contributed by atoms with Crippen LogP contribution in [0.4, 0.5) is 0 Å². The molecule has 4 bridgehead atoms. The van der Waals surface area contributed by atoms with Crippen LogP contribution in [0.25, 0.3) is 11.1 Å². The Bertz CT molecular complexity index is 1650. The normalized spacial score (nSPS) is 26.5. The topological polar surface area (TPSA) is 138 Å². The molecule has 11 heteroatoms. The minimum absolute atomic E-state index is 0.0836. The summed E-state index contributed by atoms with van der Waals surface area (Å²) < 4.78 is 23.6. The van der Waals surface area contributed by atoms with Crippen molar-refractivity contribution in [2.75, 3.05) is 33.2 Å². The highest BCUT2D eigenvalue weighted by Crippen LogP contribution is 2.58. The maximum absolute atomic E-state index is 12.3. The number of fused-ring (bicyclic) bond motifs is 6. The van der Waals surface area contributed by atoms with Crippen LogP contribution in [0.2, 0.25) is 0 Å². The zero-order valence-corrected chi connectivity index (χ0v) is 28.2. The molecule has 3 aromatic rings. The molecule has 47 heavy (non-hydrogen) atoms. The van der Waals surface area contributed by atoms with Crippen molar-refractivity contribution < 1.29 is 44.5 Å². The monoisotopic (exact) mass is 682 g/mol. The molecule has 2 aliphatic carbocycles. The molecule has 252 valence electrons. The Hall–Kier alpha value is -3.12. The molecule has 0 saturated heterocycles. The summed E-state index contributed by atoms with van der Waals surface area (Å²) in [5.41, 5.74) is 5.21. The fourth-order valence-corrected chi connectivity index (χ4v) is 11.3. The molecule has 7 rings (SSSR count). The molecule has 5 N–H and O–H groups in total. The van der Waals surface area contributed by atoms with Gasteiger partial charge in [0.15, 0.2) is 17.6 Å². The van der Waals surface area contributed by atoms with E-state index in [0.717, 1.165) is 40.7 Å². The Labute approximate surface area is 282 Å². The third kappa shape index (κ3) is 5.83. The Balaban J connectivity index is 1.43. The Morgan fingerprint density at radius 2 is 1.79 bits per heavy atom. The van der Waals surface area contributed by atoms with Crippen molar-refractivity contribution in [2.45, 2.75) is 74.2 Å². The quantitative estimate of drug-likeness (QED) is 0.175. The average molecular weight is 683 g/mol. The van der Waals surface area contributed by atoms with E-state index in [-0.39, 0.29) is 59.4 Å². The predicted molar refractivity (Wildman–Crippen MR) is 183 cm³/mol. The van der Waals surface area contributed by atoms with E-state index >= 15 is 0 Å². The van der Waals surface area contributed by atoms with Crippen molar-refractivity contribution >= 4 is 21.6 Å². The molecule has 0 amide bonds. The van der Waals surface area contributed by atoms with Crippen molar-refractivity contribution in [1.29, 1.82) is 0 Å². The van der Waals surface area contributed by atoms with Crippen LogP contribution in [0.15, 0.2) is 30.3 Å². The van der Waals surface area contributed by atoms with E-state index in [2.05, 4.69) is 0 Å². The first kappa shape index (κ1) is 32.4. The zero-order valence-electron chi connectivity index (χ0n) is 26.6. The van der Waals surface area contributed by atoms with Gasteiger partial charge >= 0.3 is 0 Å². The summed E-state index contributed by atoms with van der Waals surface area (Å²) in [6.07, 6.45) is 5.56. The van der Waals surface area contributed by atoms with Gasteiger partial charge in [0.1, 0.15) is 30.0 Å². The second-order valence-electron chi connectivity index (χ2n) is 13.0. The average Bonchev–Trinajstić information content (AvgIpc) is 3.08. The molecular formula is C36H42O9S2. The van der Waals surface area contributed by atoms with Crippen molar-refractivity contribution in [3.05, 3.63) is 52.6 Å². The van der Waals surface area contributed by atoms with Crippen LogP contribution in [0.3, 0.4) is 0 Å². The van der Waals surface area contributed by atoms with Crippen LogP contribution < -0.4 is 18.9 Å². The lowest BCUT2D eigenvalue weighted by atomic mass is 9.71. The second-order valence-corrected chi connectivity index (χ2v) is 15.7. The number of benzene rings is 3. The van der Waals surface area contributed by atoms with Gasteiger partial charge in [-0.2, -0.15) is 0 Å². The number of phenols is 3. The first-order valence-corrected chi connectivity index (χ1v) is 18.8. The molecule has 4 aliphatic rings. The van der Waals surface area contributed by atoms with Gasteiger partial charge in [-0.25, -0.2) is 0 Å². The SMILES string of the molecule is COc1cc([C@@H]2Oc3cc(OCCO)c4c5c3[C@H](CSS[C@@H]3CCC[C@H](CC[C@@H](C5)c5cc(O)ccc5-4)C3)[C@H]2O)c(O)c(OC)c1O. The van der Waals surface area contributed by atoms with Gasteiger partial charge in [0.05, 0.1) is 20.8 Å². The molecule has 1 fully saturated rings. The maximum atomic E-state index is 12.3. The van der Waals surface area contributed by atoms with E-state index in [1.165, 1.54) is 46.0 Å². The van der Waals surface area contributed by atoms with Crippen LogP contribution in [0.1, 0.15) is 78.7 Å². The van der Waals surface area contributed by atoms with E-state index in [9.17, 15) is 25.5 Å². The van der Waals surface area contributed by atoms with Crippen molar-refractivity contribution in [3.63, 3.8) is 0 Å². The summed E-state index contributed by atoms with van der Waals surface area (Å²) >= 11 is 0. The molecular weight excluding hydrogens is 641 g/mol. The lowest BCUT2D eigenvalue weighted by Gasteiger charge is -2.41. The van der Waals surface area contributed by atoms with Gasteiger partial charge in [0.2, 0.25) is 11.5 Å². The molecule has 0 spiro atoms. The van der Waals surface area contributed by atoms with Gasteiger partial charge in [-0.05, 0) is 78.8 Å². The molecule has 0 unspecified atom stereocenters. The van der Waals surface area contributed by atoms with Gasteiger partial charge in [-0.15, -0.1) is 0 Å². The highest BCUT2D eigenvalue weighted by atomic mass is 33.1. The van der Waals surface area contributed by atoms with E-state index in [1.807, 2.05) is 29.0 Å². The predicted octanol–water partition coefficient (Wildman–Crippen LogP) is 6.81. The van der Waals surface area contributed by atoms with Crippen molar-refractivity contribution in [1.82, 2.24) is 0 Å². The lowest BCUT2D eigenvalue weighted by Crippen LogP contribution is -2.37.